The molecule has 3 atom stereocenters. The maximum Gasteiger partial charge on any atom is 0.122 e. The van der Waals surface area contributed by atoms with Crippen LogP contribution in [0.4, 0.5) is 0 Å². The zero-order valence-corrected chi connectivity index (χ0v) is 14.2. The lowest BCUT2D eigenvalue weighted by atomic mass is 9.52. The van der Waals surface area contributed by atoms with E-state index in [0.717, 1.165) is 30.4 Å². The molecule has 0 spiro atoms. The van der Waals surface area contributed by atoms with Gasteiger partial charge in [-0.2, -0.15) is 0 Å². The van der Waals surface area contributed by atoms with Crippen LogP contribution in [0.25, 0.3) is 0 Å². The van der Waals surface area contributed by atoms with Crippen LogP contribution in [-0.4, -0.2) is 16.8 Å². The summed E-state index contributed by atoms with van der Waals surface area (Å²) in [7, 11) is 0. The van der Waals surface area contributed by atoms with Crippen molar-refractivity contribution >= 4 is 0 Å². The van der Waals surface area contributed by atoms with Gasteiger partial charge in [0.2, 0.25) is 0 Å². The third kappa shape index (κ3) is 2.04. The first-order valence-electron chi connectivity index (χ1n) is 8.47. The number of aromatic hydroxyl groups is 1. The van der Waals surface area contributed by atoms with E-state index in [-0.39, 0.29) is 17.4 Å². The minimum Gasteiger partial charge on any atom is -0.507 e. The first-order chi connectivity index (χ1) is 10.3. The number of aliphatic hydroxyl groups excluding tert-OH is 1. The summed E-state index contributed by atoms with van der Waals surface area (Å²) in [4.78, 5) is 0. The zero-order valence-electron chi connectivity index (χ0n) is 14.2. The maximum absolute atomic E-state index is 10.7. The number of benzene rings is 1. The highest BCUT2D eigenvalue weighted by molar-refractivity contribution is 5.52. The lowest BCUT2D eigenvalue weighted by Gasteiger charge is -2.52. The van der Waals surface area contributed by atoms with Gasteiger partial charge in [0.1, 0.15) is 5.75 Å². The Morgan fingerprint density at radius 1 is 1.27 bits per heavy atom. The molecular formula is C20H28O2. The van der Waals surface area contributed by atoms with Crippen molar-refractivity contribution in [3.05, 3.63) is 41.0 Å². The van der Waals surface area contributed by atoms with Crippen LogP contribution in [0.15, 0.2) is 24.3 Å². The molecule has 0 heterocycles. The Morgan fingerprint density at radius 3 is 2.64 bits per heavy atom. The molecule has 0 radical (unpaired) electrons. The van der Waals surface area contributed by atoms with E-state index in [4.69, 9.17) is 0 Å². The third-order valence-electron chi connectivity index (χ3n) is 6.18. The summed E-state index contributed by atoms with van der Waals surface area (Å²) in [5.41, 5.74) is 3.33. The van der Waals surface area contributed by atoms with E-state index in [9.17, 15) is 10.2 Å². The number of hydrogen-bond acceptors (Lipinski definition) is 2. The first kappa shape index (κ1) is 15.6. The Balaban J connectivity index is 2.15. The van der Waals surface area contributed by atoms with Crippen molar-refractivity contribution in [2.24, 2.45) is 11.3 Å². The summed E-state index contributed by atoms with van der Waals surface area (Å²) in [6.07, 6.45) is 7.34. The van der Waals surface area contributed by atoms with Gasteiger partial charge in [-0.1, -0.05) is 52.0 Å². The number of fused-ring (bicyclic) bond motifs is 3. The van der Waals surface area contributed by atoms with E-state index in [2.05, 4.69) is 52.0 Å². The number of allylic oxidation sites excluding steroid dienone is 1. The fraction of sp³-hybridized carbons (Fsp3) is 0.600. The highest BCUT2D eigenvalue weighted by atomic mass is 16.3. The normalized spacial score (nSPS) is 33.6. The molecule has 0 amide bonds. The molecule has 0 unspecified atom stereocenters. The molecule has 22 heavy (non-hydrogen) atoms. The quantitative estimate of drug-likeness (QED) is 0.800. The molecule has 3 rings (SSSR count). The SMILES string of the molecule is CC(C)c1ccc2c(c1O)CC[C@H]1[C@@](C)(CO)C=CC[C@]21C. The van der Waals surface area contributed by atoms with Crippen LogP contribution in [0.3, 0.4) is 0 Å². The van der Waals surface area contributed by atoms with Crippen molar-refractivity contribution in [1.82, 2.24) is 0 Å². The molecule has 2 N–H and O–H groups in total. The third-order valence-corrected chi connectivity index (χ3v) is 6.18. The lowest BCUT2D eigenvalue weighted by Crippen LogP contribution is -2.48. The van der Waals surface area contributed by atoms with Gasteiger partial charge in [-0.25, -0.2) is 0 Å². The van der Waals surface area contributed by atoms with E-state index in [1.165, 1.54) is 5.56 Å². The average Bonchev–Trinajstić information content (AvgIpc) is 2.47. The zero-order chi connectivity index (χ0) is 16.1. The fourth-order valence-electron chi connectivity index (χ4n) is 4.87. The summed E-state index contributed by atoms with van der Waals surface area (Å²) in [6.45, 7) is 8.91. The second kappa shape index (κ2) is 5.13. The van der Waals surface area contributed by atoms with Crippen LogP contribution in [0.5, 0.6) is 5.75 Å². The molecule has 0 bridgehead atoms. The molecular weight excluding hydrogens is 272 g/mol. The molecule has 120 valence electrons. The monoisotopic (exact) mass is 300 g/mol. The largest absolute Gasteiger partial charge is 0.507 e. The van der Waals surface area contributed by atoms with Crippen molar-refractivity contribution in [3.63, 3.8) is 0 Å². The first-order valence-corrected chi connectivity index (χ1v) is 8.47. The molecule has 0 fully saturated rings. The van der Waals surface area contributed by atoms with E-state index in [0.29, 0.717) is 17.6 Å². The molecule has 0 aliphatic heterocycles. The topological polar surface area (TPSA) is 40.5 Å². The minimum absolute atomic E-state index is 0.00675. The molecule has 1 aromatic carbocycles. The van der Waals surface area contributed by atoms with Gasteiger partial charge in [0, 0.05) is 10.8 Å². The smallest absolute Gasteiger partial charge is 0.122 e. The Morgan fingerprint density at radius 2 is 2.00 bits per heavy atom. The number of aliphatic hydroxyl groups is 1. The summed E-state index contributed by atoms with van der Waals surface area (Å²) in [5, 5.41) is 20.7. The molecule has 0 saturated heterocycles. The Hall–Kier alpha value is -1.28. The van der Waals surface area contributed by atoms with Crippen molar-refractivity contribution < 1.29 is 10.2 Å². The van der Waals surface area contributed by atoms with Crippen molar-refractivity contribution in [2.45, 2.75) is 58.3 Å². The summed E-state index contributed by atoms with van der Waals surface area (Å²) in [6, 6.07) is 4.33. The predicted molar refractivity (Wildman–Crippen MR) is 90.3 cm³/mol. The lowest BCUT2D eigenvalue weighted by molar-refractivity contribution is 0.0516. The van der Waals surface area contributed by atoms with Gasteiger partial charge in [-0.3, -0.25) is 0 Å². The molecule has 0 saturated carbocycles. The number of phenolic OH excluding ortho intramolecular Hbond substituents is 1. The Bertz CT molecular complexity index is 616. The number of rotatable bonds is 2. The van der Waals surface area contributed by atoms with E-state index >= 15 is 0 Å². The van der Waals surface area contributed by atoms with E-state index in [1.807, 2.05) is 0 Å². The van der Waals surface area contributed by atoms with Gasteiger partial charge in [0.25, 0.3) is 0 Å². The highest BCUT2D eigenvalue weighted by Crippen LogP contribution is 2.56. The summed E-state index contributed by atoms with van der Waals surface area (Å²) < 4.78 is 0. The van der Waals surface area contributed by atoms with Crippen LogP contribution in [0, 0.1) is 11.3 Å². The van der Waals surface area contributed by atoms with Crippen LogP contribution >= 0.6 is 0 Å². The van der Waals surface area contributed by atoms with Crippen molar-refractivity contribution in [1.29, 1.82) is 0 Å². The molecule has 1 aromatic rings. The second-order valence-electron chi connectivity index (χ2n) is 7.96. The number of hydrogen-bond donors (Lipinski definition) is 2. The fourth-order valence-corrected chi connectivity index (χ4v) is 4.87. The van der Waals surface area contributed by atoms with E-state index in [1.54, 1.807) is 0 Å². The van der Waals surface area contributed by atoms with Crippen LogP contribution < -0.4 is 0 Å². The Labute approximate surface area is 133 Å². The summed E-state index contributed by atoms with van der Waals surface area (Å²) >= 11 is 0. The van der Waals surface area contributed by atoms with Gasteiger partial charge < -0.3 is 10.2 Å². The van der Waals surface area contributed by atoms with Gasteiger partial charge >= 0.3 is 0 Å². The van der Waals surface area contributed by atoms with Gasteiger partial charge in [-0.15, -0.1) is 0 Å². The van der Waals surface area contributed by atoms with Crippen LogP contribution in [0.1, 0.15) is 63.1 Å². The van der Waals surface area contributed by atoms with Crippen LogP contribution in [0.2, 0.25) is 0 Å². The molecule has 2 nitrogen and oxygen atoms in total. The summed E-state index contributed by atoms with van der Waals surface area (Å²) in [5.74, 6) is 1.27. The van der Waals surface area contributed by atoms with Crippen LogP contribution in [-0.2, 0) is 11.8 Å². The van der Waals surface area contributed by atoms with Crippen molar-refractivity contribution in [3.8, 4) is 5.75 Å². The standard InChI is InChI=1S/C20H28O2/c1-13(2)14-6-8-16-15(18(14)22)7-9-17-19(3,12-21)10-5-11-20(16,17)4/h5-6,8,10,13,17,21-22H,7,9,11-12H2,1-4H3/t17-,19+,20+/m0/s1. The minimum atomic E-state index is -0.156. The average molecular weight is 300 g/mol. The van der Waals surface area contributed by atoms with Gasteiger partial charge in [0.05, 0.1) is 6.61 Å². The highest BCUT2D eigenvalue weighted by Gasteiger charge is 2.50. The maximum atomic E-state index is 10.7. The second-order valence-corrected chi connectivity index (χ2v) is 7.96. The van der Waals surface area contributed by atoms with E-state index < -0.39 is 0 Å². The van der Waals surface area contributed by atoms with Crippen molar-refractivity contribution in [2.75, 3.05) is 6.61 Å². The predicted octanol–water partition coefficient (Wildman–Crippen LogP) is 4.29. The van der Waals surface area contributed by atoms with Gasteiger partial charge in [0.15, 0.2) is 0 Å². The number of phenols is 1. The Kier molecular flexibility index (Phi) is 3.64. The van der Waals surface area contributed by atoms with Gasteiger partial charge in [-0.05, 0) is 47.8 Å². The molecule has 2 aliphatic rings. The molecule has 0 aromatic heterocycles. The molecule has 2 aliphatic carbocycles. The molecule has 2 heteroatoms.